The lowest BCUT2D eigenvalue weighted by atomic mass is 10.0. The van der Waals surface area contributed by atoms with Gasteiger partial charge in [0.1, 0.15) is 5.75 Å². The molecule has 1 aromatic carbocycles. The highest BCUT2D eigenvalue weighted by Gasteiger charge is 2.25. The van der Waals surface area contributed by atoms with Gasteiger partial charge in [0.25, 0.3) is 11.8 Å². The highest BCUT2D eigenvalue weighted by atomic mass is 79.9. The van der Waals surface area contributed by atoms with E-state index >= 15 is 0 Å². The number of hydrogen-bond donors (Lipinski definition) is 1. The molecule has 0 radical (unpaired) electrons. The number of hydrogen-bond acceptors (Lipinski definition) is 4. The number of halogens is 1. The molecule has 0 aliphatic carbocycles. The standard InChI is InChI=1S/C20H23BrN2O4/c1-2-14-5-3-4-6-16(14)26-13-19(24)23-11-9-15(10-12-23)22-20(25)17-7-8-18(21)27-17/h3-8,15H,2,9-13H2,1H3,(H,22,25). The first-order valence-electron chi connectivity index (χ1n) is 9.11. The number of furan rings is 1. The number of carbonyl (C=O) groups excluding carboxylic acids is 2. The quantitative estimate of drug-likeness (QED) is 0.755. The molecule has 7 heteroatoms. The second-order valence-corrected chi connectivity index (χ2v) is 7.26. The zero-order chi connectivity index (χ0) is 19.2. The van der Waals surface area contributed by atoms with E-state index in [0.717, 1.165) is 17.7 Å². The van der Waals surface area contributed by atoms with E-state index in [0.29, 0.717) is 30.6 Å². The fraction of sp³-hybridized carbons (Fsp3) is 0.400. The van der Waals surface area contributed by atoms with Crippen molar-refractivity contribution < 1.29 is 18.7 Å². The van der Waals surface area contributed by atoms with Crippen LogP contribution in [0.4, 0.5) is 0 Å². The predicted molar refractivity (Wildman–Crippen MR) is 105 cm³/mol. The molecular formula is C20H23BrN2O4. The molecule has 1 aliphatic heterocycles. The molecule has 3 rings (SSSR count). The van der Waals surface area contributed by atoms with Crippen molar-refractivity contribution in [1.29, 1.82) is 0 Å². The third-order valence-corrected chi connectivity index (χ3v) is 5.11. The summed E-state index contributed by atoms with van der Waals surface area (Å²) in [6, 6.07) is 11.1. The van der Waals surface area contributed by atoms with Crippen LogP contribution in [0.3, 0.4) is 0 Å². The number of para-hydroxylation sites is 1. The summed E-state index contributed by atoms with van der Waals surface area (Å²) in [7, 11) is 0. The van der Waals surface area contributed by atoms with Crippen molar-refractivity contribution >= 4 is 27.7 Å². The molecule has 1 N–H and O–H groups in total. The fourth-order valence-electron chi connectivity index (χ4n) is 3.13. The summed E-state index contributed by atoms with van der Waals surface area (Å²) in [6.45, 7) is 3.30. The van der Waals surface area contributed by atoms with Crippen molar-refractivity contribution in [2.45, 2.75) is 32.2 Å². The van der Waals surface area contributed by atoms with Crippen molar-refractivity contribution in [3.8, 4) is 5.75 Å². The van der Waals surface area contributed by atoms with E-state index < -0.39 is 0 Å². The lowest BCUT2D eigenvalue weighted by Crippen LogP contribution is -2.47. The second-order valence-electron chi connectivity index (χ2n) is 6.48. The molecule has 2 amide bonds. The minimum absolute atomic E-state index is 0.0272. The average molecular weight is 435 g/mol. The van der Waals surface area contributed by atoms with Crippen molar-refractivity contribution in [2.24, 2.45) is 0 Å². The Morgan fingerprint density at radius 1 is 1.22 bits per heavy atom. The Kier molecular flexibility index (Phi) is 6.55. The maximum absolute atomic E-state index is 12.4. The van der Waals surface area contributed by atoms with Gasteiger partial charge in [-0.1, -0.05) is 25.1 Å². The summed E-state index contributed by atoms with van der Waals surface area (Å²) in [6.07, 6.45) is 2.29. The van der Waals surface area contributed by atoms with E-state index in [1.807, 2.05) is 24.3 Å². The Labute approximate surface area is 167 Å². The van der Waals surface area contributed by atoms with Crippen LogP contribution in [0.15, 0.2) is 45.5 Å². The van der Waals surface area contributed by atoms with Crippen LogP contribution >= 0.6 is 15.9 Å². The van der Waals surface area contributed by atoms with Gasteiger partial charge in [0.05, 0.1) is 0 Å². The van der Waals surface area contributed by atoms with Crippen molar-refractivity contribution in [3.05, 3.63) is 52.4 Å². The Morgan fingerprint density at radius 2 is 1.96 bits per heavy atom. The Hall–Kier alpha value is -2.28. The summed E-state index contributed by atoms with van der Waals surface area (Å²) in [5.41, 5.74) is 1.09. The van der Waals surface area contributed by atoms with Crippen molar-refractivity contribution in [1.82, 2.24) is 10.2 Å². The normalized spacial score (nSPS) is 14.8. The van der Waals surface area contributed by atoms with Crippen LogP contribution in [-0.4, -0.2) is 42.5 Å². The van der Waals surface area contributed by atoms with Crippen LogP contribution in [0.1, 0.15) is 35.9 Å². The minimum atomic E-state index is -0.231. The van der Waals surface area contributed by atoms with Gasteiger partial charge in [-0.15, -0.1) is 0 Å². The predicted octanol–water partition coefficient (Wildman–Crippen LogP) is 3.40. The summed E-state index contributed by atoms with van der Waals surface area (Å²) in [4.78, 5) is 26.3. The first-order chi connectivity index (χ1) is 13.1. The number of nitrogens with one attached hydrogen (secondary N) is 1. The largest absolute Gasteiger partial charge is 0.483 e. The van der Waals surface area contributed by atoms with Gasteiger partial charge >= 0.3 is 0 Å². The molecule has 1 saturated heterocycles. The summed E-state index contributed by atoms with van der Waals surface area (Å²) >= 11 is 3.19. The molecule has 144 valence electrons. The van der Waals surface area contributed by atoms with Gasteiger partial charge in [-0.3, -0.25) is 9.59 Å². The van der Waals surface area contributed by atoms with E-state index in [2.05, 4.69) is 28.2 Å². The summed E-state index contributed by atoms with van der Waals surface area (Å²) in [5.74, 6) is 0.786. The molecular weight excluding hydrogens is 412 g/mol. The summed E-state index contributed by atoms with van der Waals surface area (Å²) < 4.78 is 11.5. The van der Waals surface area contributed by atoms with Crippen LogP contribution in [0.5, 0.6) is 5.75 Å². The topological polar surface area (TPSA) is 71.8 Å². The van der Waals surface area contributed by atoms with Crippen LogP contribution < -0.4 is 10.1 Å². The van der Waals surface area contributed by atoms with Gasteiger partial charge in [-0.05, 0) is 59.0 Å². The van der Waals surface area contributed by atoms with Gasteiger partial charge in [0.15, 0.2) is 17.0 Å². The Morgan fingerprint density at radius 3 is 2.63 bits per heavy atom. The van der Waals surface area contributed by atoms with E-state index in [-0.39, 0.29) is 30.2 Å². The summed E-state index contributed by atoms with van der Waals surface area (Å²) in [5, 5.41) is 2.96. The highest BCUT2D eigenvalue weighted by molar-refractivity contribution is 9.10. The van der Waals surface area contributed by atoms with Gasteiger partial charge in [0.2, 0.25) is 0 Å². The number of carbonyl (C=O) groups is 2. The SMILES string of the molecule is CCc1ccccc1OCC(=O)N1CCC(NC(=O)c2ccc(Br)o2)CC1. The first-order valence-corrected chi connectivity index (χ1v) is 9.90. The molecule has 0 bridgehead atoms. The highest BCUT2D eigenvalue weighted by Crippen LogP contribution is 2.19. The third-order valence-electron chi connectivity index (χ3n) is 4.68. The maximum atomic E-state index is 12.4. The Balaban J connectivity index is 1.44. The number of aryl methyl sites for hydroxylation is 1. The fourth-order valence-corrected chi connectivity index (χ4v) is 3.44. The molecule has 27 heavy (non-hydrogen) atoms. The van der Waals surface area contributed by atoms with Crippen LogP contribution in [-0.2, 0) is 11.2 Å². The number of piperidine rings is 1. The monoisotopic (exact) mass is 434 g/mol. The van der Waals surface area contributed by atoms with Gasteiger partial charge < -0.3 is 19.4 Å². The molecule has 0 spiro atoms. The molecule has 2 heterocycles. The number of amides is 2. The number of nitrogens with zero attached hydrogens (tertiary/aromatic N) is 1. The molecule has 0 atom stereocenters. The number of rotatable bonds is 6. The zero-order valence-electron chi connectivity index (χ0n) is 15.2. The first kappa shape index (κ1) is 19.5. The number of ether oxygens (including phenoxy) is 1. The third kappa shape index (κ3) is 5.13. The minimum Gasteiger partial charge on any atom is -0.483 e. The van der Waals surface area contributed by atoms with Gasteiger partial charge in [0, 0.05) is 19.1 Å². The number of likely N-dealkylation sites (tertiary alicyclic amines) is 1. The van der Waals surface area contributed by atoms with Crippen LogP contribution in [0.2, 0.25) is 0 Å². The molecule has 0 saturated carbocycles. The molecule has 1 fully saturated rings. The Bertz CT molecular complexity index is 797. The smallest absolute Gasteiger partial charge is 0.287 e. The maximum Gasteiger partial charge on any atom is 0.287 e. The lowest BCUT2D eigenvalue weighted by molar-refractivity contribution is -0.134. The van der Waals surface area contributed by atoms with Crippen LogP contribution in [0.25, 0.3) is 0 Å². The zero-order valence-corrected chi connectivity index (χ0v) is 16.8. The molecule has 6 nitrogen and oxygen atoms in total. The van der Waals surface area contributed by atoms with Crippen LogP contribution in [0, 0.1) is 0 Å². The molecule has 0 unspecified atom stereocenters. The van der Waals surface area contributed by atoms with Crippen molar-refractivity contribution in [2.75, 3.05) is 19.7 Å². The van der Waals surface area contributed by atoms with Crippen molar-refractivity contribution in [3.63, 3.8) is 0 Å². The molecule has 1 aliphatic rings. The van der Waals surface area contributed by atoms with Gasteiger partial charge in [-0.25, -0.2) is 0 Å². The lowest BCUT2D eigenvalue weighted by Gasteiger charge is -2.32. The van der Waals surface area contributed by atoms with E-state index in [4.69, 9.17) is 9.15 Å². The van der Waals surface area contributed by atoms with E-state index in [1.165, 1.54) is 0 Å². The van der Waals surface area contributed by atoms with E-state index in [9.17, 15) is 9.59 Å². The molecule has 1 aromatic heterocycles. The average Bonchev–Trinajstić information content (AvgIpc) is 3.13. The molecule has 2 aromatic rings. The number of benzene rings is 1. The van der Waals surface area contributed by atoms with E-state index in [1.54, 1.807) is 17.0 Å². The van der Waals surface area contributed by atoms with Gasteiger partial charge in [-0.2, -0.15) is 0 Å². The second kappa shape index (κ2) is 9.08.